The maximum atomic E-state index is 12.2. The summed E-state index contributed by atoms with van der Waals surface area (Å²) in [6.45, 7) is 11.9. The van der Waals surface area contributed by atoms with Crippen LogP contribution in [-0.4, -0.2) is 49.4 Å². The lowest BCUT2D eigenvalue weighted by molar-refractivity contribution is 0.0157. The van der Waals surface area contributed by atoms with Crippen LogP contribution in [0.3, 0.4) is 0 Å². The van der Waals surface area contributed by atoms with E-state index in [1.807, 2.05) is 44.7 Å². The smallest absolute Gasteiger partial charge is 0.410 e. The van der Waals surface area contributed by atoms with E-state index in [-0.39, 0.29) is 12.1 Å². The van der Waals surface area contributed by atoms with Gasteiger partial charge >= 0.3 is 12.1 Å². The van der Waals surface area contributed by atoms with Crippen LogP contribution in [0.1, 0.15) is 62.9 Å². The van der Waals surface area contributed by atoms with Crippen molar-refractivity contribution < 1.29 is 23.8 Å². The fraction of sp³-hybridized carbons (Fsp3) is 0.652. The second-order valence-electron chi connectivity index (χ2n) is 8.89. The fourth-order valence-electron chi connectivity index (χ4n) is 3.64. The van der Waals surface area contributed by atoms with Gasteiger partial charge in [-0.25, -0.2) is 9.59 Å². The summed E-state index contributed by atoms with van der Waals surface area (Å²) in [4.78, 5) is 25.7. The third-order valence-corrected chi connectivity index (χ3v) is 5.44. The summed E-state index contributed by atoms with van der Waals surface area (Å²) >= 11 is 0. The Bertz CT molecular complexity index is 702. The molecule has 1 aromatic carbocycles. The Kier molecular flexibility index (Phi) is 7.94. The van der Waals surface area contributed by atoms with Crippen LogP contribution in [-0.2, 0) is 9.47 Å². The molecule has 0 bridgehead atoms. The first-order valence-corrected chi connectivity index (χ1v) is 10.4. The van der Waals surface area contributed by atoms with Crippen LogP contribution in [0.4, 0.5) is 4.79 Å². The van der Waals surface area contributed by atoms with E-state index in [1.54, 1.807) is 6.07 Å². The number of carbonyl (C=O) groups is 2. The molecule has 1 aliphatic rings. The Labute approximate surface area is 174 Å². The molecule has 0 aliphatic carbocycles. The highest BCUT2D eigenvalue weighted by Gasteiger charge is 2.29. The molecule has 1 heterocycles. The number of ether oxygens (including phenoxy) is 3. The van der Waals surface area contributed by atoms with E-state index in [9.17, 15) is 9.59 Å². The number of nitrogens with zero attached hydrogens (tertiary/aromatic N) is 1. The van der Waals surface area contributed by atoms with Crippen LogP contribution < -0.4 is 4.74 Å². The molecule has 1 aromatic rings. The molecular weight excluding hydrogens is 370 g/mol. The van der Waals surface area contributed by atoms with Crippen LogP contribution in [0, 0.1) is 18.8 Å². The van der Waals surface area contributed by atoms with Crippen molar-refractivity contribution in [1.29, 1.82) is 0 Å². The topological polar surface area (TPSA) is 65.1 Å². The number of aryl methyl sites for hydroxylation is 1. The minimum atomic E-state index is -0.452. The SMILES string of the molecule is COC(=O)c1ccc(OCC[C@@H](C)C2CCN(C(=O)OC(C)(C)C)CC2)cc1C. The summed E-state index contributed by atoms with van der Waals surface area (Å²) in [5, 5.41) is 0. The lowest BCUT2D eigenvalue weighted by Crippen LogP contribution is -2.42. The van der Waals surface area contributed by atoms with Crippen LogP contribution >= 0.6 is 0 Å². The van der Waals surface area contributed by atoms with Gasteiger partial charge in [-0.2, -0.15) is 0 Å². The van der Waals surface area contributed by atoms with Crippen molar-refractivity contribution in [2.24, 2.45) is 11.8 Å². The molecule has 6 nitrogen and oxygen atoms in total. The molecule has 162 valence electrons. The van der Waals surface area contributed by atoms with Crippen molar-refractivity contribution in [3.63, 3.8) is 0 Å². The Morgan fingerprint density at radius 3 is 2.41 bits per heavy atom. The molecule has 0 aromatic heterocycles. The average Bonchev–Trinajstić information content (AvgIpc) is 2.66. The van der Waals surface area contributed by atoms with Crippen molar-refractivity contribution in [2.75, 3.05) is 26.8 Å². The van der Waals surface area contributed by atoms with Gasteiger partial charge in [-0.3, -0.25) is 0 Å². The van der Waals surface area contributed by atoms with Crippen molar-refractivity contribution >= 4 is 12.1 Å². The van der Waals surface area contributed by atoms with Crippen molar-refractivity contribution in [3.8, 4) is 5.75 Å². The number of rotatable bonds is 6. The largest absolute Gasteiger partial charge is 0.494 e. The number of likely N-dealkylation sites (tertiary alicyclic amines) is 1. The van der Waals surface area contributed by atoms with E-state index in [4.69, 9.17) is 14.2 Å². The standard InChI is InChI=1S/C23H35NO5/c1-16(18-9-12-24(13-10-18)22(26)29-23(3,4)5)11-14-28-19-7-8-20(17(2)15-19)21(25)27-6/h7-8,15-16,18H,9-14H2,1-6H3/t16-/m1/s1. The molecule has 0 spiro atoms. The molecule has 6 heteroatoms. The monoisotopic (exact) mass is 405 g/mol. The van der Waals surface area contributed by atoms with E-state index in [1.165, 1.54) is 7.11 Å². The Morgan fingerprint density at radius 1 is 1.21 bits per heavy atom. The third kappa shape index (κ3) is 6.94. The van der Waals surface area contributed by atoms with Crippen molar-refractivity contribution in [1.82, 2.24) is 4.90 Å². The first kappa shape index (κ1) is 23.0. The summed E-state index contributed by atoms with van der Waals surface area (Å²) in [7, 11) is 1.38. The van der Waals surface area contributed by atoms with Crippen LogP contribution in [0.25, 0.3) is 0 Å². The van der Waals surface area contributed by atoms with Gasteiger partial charge < -0.3 is 19.1 Å². The van der Waals surface area contributed by atoms with E-state index in [2.05, 4.69) is 6.92 Å². The molecular formula is C23H35NO5. The Morgan fingerprint density at radius 2 is 1.86 bits per heavy atom. The number of piperidine rings is 1. The lowest BCUT2D eigenvalue weighted by atomic mass is 9.84. The summed E-state index contributed by atoms with van der Waals surface area (Å²) in [5.74, 6) is 1.54. The van der Waals surface area contributed by atoms with Gasteiger partial charge in [0.1, 0.15) is 11.4 Å². The molecule has 2 rings (SSSR count). The Balaban J connectivity index is 1.75. The molecule has 1 amide bonds. The number of carbonyl (C=O) groups excluding carboxylic acids is 2. The van der Waals surface area contributed by atoms with Gasteiger partial charge in [0.15, 0.2) is 0 Å². The second kappa shape index (κ2) is 9.99. The molecule has 0 radical (unpaired) electrons. The average molecular weight is 406 g/mol. The first-order valence-electron chi connectivity index (χ1n) is 10.4. The number of amides is 1. The second-order valence-corrected chi connectivity index (χ2v) is 8.89. The summed E-state index contributed by atoms with van der Waals surface area (Å²) in [5.41, 5.74) is 0.952. The maximum absolute atomic E-state index is 12.2. The molecule has 1 aliphatic heterocycles. The van der Waals surface area contributed by atoms with Gasteiger partial charge in [0, 0.05) is 13.1 Å². The van der Waals surface area contributed by atoms with Gasteiger partial charge in [-0.05, 0) is 82.6 Å². The van der Waals surface area contributed by atoms with Gasteiger partial charge in [0.25, 0.3) is 0 Å². The zero-order valence-electron chi connectivity index (χ0n) is 18.6. The first-order chi connectivity index (χ1) is 13.6. The van der Waals surface area contributed by atoms with Gasteiger partial charge in [-0.15, -0.1) is 0 Å². The van der Waals surface area contributed by atoms with Crippen LogP contribution in [0.2, 0.25) is 0 Å². The molecule has 0 saturated carbocycles. The summed E-state index contributed by atoms with van der Waals surface area (Å²) < 4.78 is 16.1. The van der Waals surface area contributed by atoms with Crippen LogP contribution in [0.5, 0.6) is 5.75 Å². The zero-order chi connectivity index (χ0) is 21.6. The van der Waals surface area contributed by atoms with Crippen LogP contribution in [0.15, 0.2) is 18.2 Å². The van der Waals surface area contributed by atoms with Crippen molar-refractivity contribution in [2.45, 2.75) is 59.5 Å². The number of esters is 1. The molecule has 29 heavy (non-hydrogen) atoms. The van der Waals surface area contributed by atoms with E-state index in [0.717, 1.165) is 43.7 Å². The summed E-state index contributed by atoms with van der Waals surface area (Å²) in [6, 6.07) is 5.42. The van der Waals surface area contributed by atoms with E-state index >= 15 is 0 Å². The highest BCUT2D eigenvalue weighted by atomic mass is 16.6. The molecule has 1 atom stereocenters. The van der Waals surface area contributed by atoms with Gasteiger partial charge in [0.05, 0.1) is 19.3 Å². The van der Waals surface area contributed by atoms with Gasteiger partial charge in [0.2, 0.25) is 0 Å². The third-order valence-electron chi connectivity index (χ3n) is 5.44. The van der Waals surface area contributed by atoms with Crippen molar-refractivity contribution in [3.05, 3.63) is 29.3 Å². The molecule has 1 saturated heterocycles. The molecule has 0 unspecified atom stereocenters. The number of hydrogen-bond donors (Lipinski definition) is 0. The predicted molar refractivity (Wildman–Crippen MR) is 112 cm³/mol. The highest BCUT2D eigenvalue weighted by molar-refractivity contribution is 5.91. The maximum Gasteiger partial charge on any atom is 0.410 e. The fourth-order valence-corrected chi connectivity index (χ4v) is 3.64. The zero-order valence-corrected chi connectivity index (χ0v) is 18.6. The number of benzene rings is 1. The molecule has 0 N–H and O–H groups in total. The molecule has 1 fully saturated rings. The minimum Gasteiger partial charge on any atom is -0.494 e. The predicted octanol–water partition coefficient (Wildman–Crippen LogP) is 4.83. The van der Waals surface area contributed by atoms with E-state index < -0.39 is 5.60 Å². The number of methoxy groups -OCH3 is 1. The quantitative estimate of drug-likeness (QED) is 0.634. The highest BCUT2D eigenvalue weighted by Crippen LogP contribution is 2.28. The van der Waals surface area contributed by atoms with E-state index in [0.29, 0.717) is 24.0 Å². The van der Waals surface area contributed by atoms with Gasteiger partial charge in [-0.1, -0.05) is 6.92 Å². The minimum absolute atomic E-state index is 0.210. The normalized spacial score (nSPS) is 16.3. The lowest BCUT2D eigenvalue weighted by Gasteiger charge is -2.35. The Hall–Kier alpha value is -2.24. The number of hydrogen-bond acceptors (Lipinski definition) is 5. The summed E-state index contributed by atoms with van der Waals surface area (Å²) in [6.07, 6.45) is 2.73.